The second-order valence-electron chi connectivity index (χ2n) is 5.69. The Morgan fingerprint density at radius 3 is 2.30 bits per heavy atom. The average Bonchev–Trinajstić information content (AvgIpc) is 2.97. The van der Waals surface area contributed by atoms with Gasteiger partial charge in [0.05, 0.1) is 5.52 Å². The molecule has 0 aliphatic heterocycles. The first-order chi connectivity index (χ1) is 11.0. The average molecular weight is 308 g/mol. The molecular formula is C18H16N2O3. The number of hydrogen-bond acceptors (Lipinski definition) is 3. The van der Waals surface area contributed by atoms with Crippen molar-refractivity contribution in [1.82, 2.24) is 9.78 Å². The number of nitrogens with zero attached hydrogens (tertiary/aromatic N) is 2. The predicted molar refractivity (Wildman–Crippen MR) is 87.5 cm³/mol. The summed E-state index contributed by atoms with van der Waals surface area (Å²) in [6.07, 6.45) is 2.01. The fraction of sp³-hybridized carbons (Fsp3) is 0.167. The molecule has 0 bridgehead atoms. The van der Waals surface area contributed by atoms with E-state index in [2.05, 4.69) is 18.9 Å². The second kappa shape index (κ2) is 5.68. The topological polar surface area (TPSA) is 72.2 Å². The van der Waals surface area contributed by atoms with Crippen LogP contribution >= 0.6 is 0 Å². The lowest BCUT2D eigenvalue weighted by atomic mass is 10.0. The minimum Gasteiger partial charge on any atom is -0.475 e. The maximum atomic E-state index is 11.4. The molecule has 0 amide bonds. The third kappa shape index (κ3) is 2.85. The van der Waals surface area contributed by atoms with Gasteiger partial charge in [-0.1, -0.05) is 30.3 Å². The van der Waals surface area contributed by atoms with Gasteiger partial charge in [-0.05, 0) is 37.1 Å². The standard InChI is InChI=1S/C18H16N2O3/c1-11(2)20-10-15-9-14(7-8-16(15)19-20)12-3-5-13(6-4-12)17(21)18(22)23/h3-11H,1-2H3,(H,22,23). The Hall–Kier alpha value is -2.95. The first kappa shape index (κ1) is 15.0. The second-order valence-corrected chi connectivity index (χ2v) is 5.69. The molecule has 0 fully saturated rings. The Morgan fingerprint density at radius 2 is 1.70 bits per heavy atom. The highest BCUT2D eigenvalue weighted by Gasteiger charge is 2.14. The van der Waals surface area contributed by atoms with Gasteiger partial charge in [-0.2, -0.15) is 5.10 Å². The van der Waals surface area contributed by atoms with E-state index in [0.717, 1.165) is 22.0 Å². The number of hydrogen-bond donors (Lipinski definition) is 1. The van der Waals surface area contributed by atoms with Gasteiger partial charge >= 0.3 is 5.97 Å². The molecule has 3 aromatic rings. The van der Waals surface area contributed by atoms with Crippen molar-refractivity contribution >= 4 is 22.7 Å². The van der Waals surface area contributed by atoms with Gasteiger partial charge in [-0.3, -0.25) is 9.48 Å². The Bertz CT molecular complexity index is 892. The van der Waals surface area contributed by atoms with Gasteiger partial charge in [0, 0.05) is 23.2 Å². The zero-order valence-electron chi connectivity index (χ0n) is 12.9. The minimum absolute atomic E-state index is 0.176. The van der Waals surface area contributed by atoms with Crippen LogP contribution in [0.5, 0.6) is 0 Å². The summed E-state index contributed by atoms with van der Waals surface area (Å²) in [5, 5.41) is 14.3. The number of carbonyl (C=O) groups is 2. The molecule has 0 saturated heterocycles. The summed E-state index contributed by atoms with van der Waals surface area (Å²) in [7, 11) is 0. The summed E-state index contributed by atoms with van der Waals surface area (Å²) in [5.41, 5.74) is 3.02. The molecule has 5 nitrogen and oxygen atoms in total. The van der Waals surface area contributed by atoms with Crippen molar-refractivity contribution in [3.63, 3.8) is 0 Å². The summed E-state index contributed by atoms with van der Waals surface area (Å²) in [5.74, 6) is -2.34. The van der Waals surface area contributed by atoms with Crippen LogP contribution in [0.15, 0.2) is 48.7 Å². The predicted octanol–water partition coefficient (Wildman–Crippen LogP) is 3.55. The van der Waals surface area contributed by atoms with Gasteiger partial charge in [0.2, 0.25) is 0 Å². The Kier molecular flexibility index (Phi) is 3.70. The SMILES string of the molecule is CC(C)n1cc2cc(-c3ccc(C(=O)C(=O)O)cc3)ccc2n1. The molecule has 0 aliphatic carbocycles. The van der Waals surface area contributed by atoms with Crippen LogP contribution in [0.3, 0.4) is 0 Å². The molecule has 0 unspecified atom stereocenters. The van der Waals surface area contributed by atoms with Crippen LogP contribution in [0, 0.1) is 0 Å². The van der Waals surface area contributed by atoms with Crippen LogP contribution in [0.4, 0.5) is 0 Å². The van der Waals surface area contributed by atoms with Gasteiger partial charge in [0.15, 0.2) is 0 Å². The third-order valence-corrected chi connectivity index (χ3v) is 3.73. The monoisotopic (exact) mass is 308 g/mol. The molecular weight excluding hydrogens is 292 g/mol. The number of rotatable bonds is 4. The lowest BCUT2D eigenvalue weighted by Gasteiger charge is -2.03. The van der Waals surface area contributed by atoms with E-state index in [-0.39, 0.29) is 5.56 Å². The van der Waals surface area contributed by atoms with Crippen LogP contribution in [0.1, 0.15) is 30.2 Å². The Labute approximate surface area is 133 Å². The van der Waals surface area contributed by atoms with Crippen LogP contribution in [0.2, 0.25) is 0 Å². The molecule has 2 aromatic carbocycles. The summed E-state index contributed by atoms with van der Waals surface area (Å²) in [6.45, 7) is 4.15. The third-order valence-electron chi connectivity index (χ3n) is 3.73. The van der Waals surface area contributed by atoms with Crippen molar-refractivity contribution in [2.45, 2.75) is 19.9 Å². The summed E-state index contributed by atoms with van der Waals surface area (Å²) in [4.78, 5) is 22.1. The number of Topliss-reactive ketones (excluding diaryl/α,β-unsaturated/α-hetero) is 1. The van der Waals surface area contributed by atoms with Crippen molar-refractivity contribution in [3.05, 3.63) is 54.2 Å². The molecule has 5 heteroatoms. The molecule has 1 heterocycles. The van der Waals surface area contributed by atoms with Crippen molar-refractivity contribution in [2.75, 3.05) is 0 Å². The highest BCUT2D eigenvalue weighted by molar-refractivity contribution is 6.39. The number of benzene rings is 2. The van der Waals surface area contributed by atoms with Gasteiger partial charge in [-0.15, -0.1) is 0 Å². The molecule has 0 aliphatic rings. The smallest absolute Gasteiger partial charge is 0.377 e. The van der Waals surface area contributed by atoms with Gasteiger partial charge in [0.1, 0.15) is 0 Å². The summed E-state index contributed by atoms with van der Waals surface area (Å²) in [6, 6.07) is 12.8. The zero-order chi connectivity index (χ0) is 16.6. The first-order valence-electron chi connectivity index (χ1n) is 7.32. The van der Waals surface area contributed by atoms with Gasteiger partial charge in [-0.25, -0.2) is 4.79 Å². The molecule has 116 valence electrons. The molecule has 0 atom stereocenters. The number of carbonyl (C=O) groups excluding carboxylic acids is 1. The molecule has 0 radical (unpaired) electrons. The first-order valence-corrected chi connectivity index (χ1v) is 7.32. The fourth-order valence-corrected chi connectivity index (χ4v) is 2.43. The van der Waals surface area contributed by atoms with E-state index in [9.17, 15) is 9.59 Å². The molecule has 3 rings (SSSR count). The lowest BCUT2D eigenvalue weighted by molar-refractivity contribution is -0.131. The molecule has 0 saturated carbocycles. The number of aromatic nitrogens is 2. The maximum absolute atomic E-state index is 11.4. The van der Waals surface area contributed by atoms with Crippen molar-refractivity contribution in [2.24, 2.45) is 0 Å². The van der Waals surface area contributed by atoms with Crippen LogP contribution in [-0.2, 0) is 4.79 Å². The van der Waals surface area contributed by atoms with E-state index in [4.69, 9.17) is 5.11 Å². The molecule has 23 heavy (non-hydrogen) atoms. The zero-order valence-corrected chi connectivity index (χ0v) is 12.9. The molecule has 0 spiro atoms. The van der Waals surface area contributed by atoms with E-state index >= 15 is 0 Å². The largest absolute Gasteiger partial charge is 0.475 e. The van der Waals surface area contributed by atoms with E-state index in [0.29, 0.717) is 6.04 Å². The highest BCUT2D eigenvalue weighted by atomic mass is 16.4. The van der Waals surface area contributed by atoms with Crippen molar-refractivity contribution < 1.29 is 14.7 Å². The van der Waals surface area contributed by atoms with Crippen LogP contribution in [-0.4, -0.2) is 26.6 Å². The van der Waals surface area contributed by atoms with E-state index in [1.54, 1.807) is 12.1 Å². The van der Waals surface area contributed by atoms with Gasteiger partial charge in [0.25, 0.3) is 5.78 Å². The normalized spacial score (nSPS) is 11.1. The number of aliphatic carboxylic acids is 1. The highest BCUT2D eigenvalue weighted by Crippen LogP contribution is 2.25. The number of ketones is 1. The van der Waals surface area contributed by atoms with Crippen molar-refractivity contribution in [3.8, 4) is 11.1 Å². The van der Waals surface area contributed by atoms with E-state index < -0.39 is 11.8 Å². The minimum atomic E-state index is -1.44. The number of carboxylic acid groups (broad SMARTS) is 1. The van der Waals surface area contributed by atoms with Crippen LogP contribution < -0.4 is 0 Å². The van der Waals surface area contributed by atoms with Crippen molar-refractivity contribution in [1.29, 1.82) is 0 Å². The van der Waals surface area contributed by atoms with E-state index in [1.807, 2.05) is 29.1 Å². The quantitative estimate of drug-likeness (QED) is 0.591. The fourth-order valence-electron chi connectivity index (χ4n) is 2.43. The Morgan fingerprint density at radius 1 is 1.04 bits per heavy atom. The molecule has 1 N–H and O–H groups in total. The van der Waals surface area contributed by atoms with E-state index in [1.165, 1.54) is 12.1 Å². The lowest BCUT2D eigenvalue weighted by Crippen LogP contribution is -2.12. The van der Waals surface area contributed by atoms with Crippen LogP contribution in [0.25, 0.3) is 22.0 Å². The summed E-state index contributed by atoms with van der Waals surface area (Å²) < 4.78 is 1.92. The molecule has 1 aromatic heterocycles. The summed E-state index contributed by atoms with van der Waals surface area (Å²) >= 11 is 0. The maximum Gasteiger partial charge on any atom is 0.377 e. The van der Waals surface area contributed by atoms with Gasteiger partial charge < -0.3 is 5.11 Å². The number of carboxylic acids is 1. The Balaban J connectivity index is 1.96. The number of fused-ring (bicyclic) bond motifs is 1.